The number of hydrogen-bond donors (Lipinski definition) is 2. The molecular weight excluding hydrogens is 472 g/mol. The van der Waals surface area contributed by atoms with E-state index in [1.54, 1.807) is 6.07 Å². The van der Waals surface area contributed by atoms with Crippen molar-refractivity contribution >= 4 is 20.9 Å². The van der Waals surface area contributed by atoms with Crippen LogP contribution in [0.15, 0.2) is 34.0 Å². The van der Waals surface area contributed by atoms with Gasteiger partial charge in [0.25, 0.3) is 5.56 Å². The van der Waals surface area contributed by atoms with Crippen LogP contribution in [0.4, 0.5) is 0 Å². The fourth-order valence-electron chi connectivity index (χ4n) is 4.29. The second-order valence-electron chi connectivity index (χ2n) is 8.37. The number of piperazine rings is 1. The maximum Gasteiger partial charge on any atom is 0.262 e. The van der Waals surface area contributed by atoms with Gasteiger partial charge in [-0.25, -0.2) is 13.4 Å². The van der Waals surface area contributed by atoms with Gasteiger partial charge in [-0.05, 0) is 38.6 Å². The van der Waals surface area contributed by atoms with Gasteiger partial charge < -0.3 is 24.5 Å². The van der Waals surface area contributed by atoms with E-state index in [2.05, 4.69) is 14.9 Å². The monoisotopic (exact) mass is 502 g/mol. The van der Waals surface area contributed by atoms with Gasteiger partial charge in [0.1, 0.15) is 28.5 Å². The molecule has 2 heterocycles. The summed E-state index contributed by atoms with van der Waals surface area (Å²) in [6.07, 6.45) is 0.506. The molecule has 188 valence electrons. The van der Waals surface area contributed by atoms with E-state index >= 15 is 0 Å². The SMILES string of the molecule is CCOc1ccc(S(=O)(=O)N2CCN(C)CC2)cc1-c1nc2c(CC)c(OC)cc(O)c2c(=O)[nH]1. The first-order valence-corrected chi connectivity index (χ1v) is 12.9. The number of ether oxygens (including phenoxy) is 2. The fourth-order valence-corrected chi connectivity index (χ4v) is 5.74. The third-order valence-electron chi connectivity index (χ3n) is 6.21. The van der Waals surface area contributed by atoms with Crippen molar-refractivity contribution in [3.8, 4) is 28.6 Å². The van der Waals surface area contributed by atoms with Crippen LogP contribution in [-0.4, -0.2) is 79.6 Å². The number of phenolic OH excluding ortho intramolecular Hbond substituents is 1. The maximum absolute atomic E-state index is 13.4. The molecule has 0 bridgehead atoms. The summed E-state index contributed by atoms with van der Waals surface area (Å²) in [5.74, 6) is 0.699. The minimum Gasteiger partial charge on any atom is -0.507 e. The van der Waals surface area contributed by atoms with Crippen molar-refractivity contribution in [3.05, 3.63) is 40.2 Å². The third-order valence-corrected chi connectivity index (χ3v) is 8.10. The van der Waals surface area contributed by atoms with Crippen LogP contribution >= 0.6 is 0 Å². The summed E-state index contributed by atoms with van der Waals surface area (Å²) in [6, 6.07) is 5.96. The van der Waals surface area contributed by atoms with Gasteiger partial charge in [0.15, 0.2) is 0 Å². The highest BCUT2D eigenvalue weighted by Gasteiger charge is 2.29. The van der Waals surface area contributed by atoms with Crippen molar-refractivity contribution in [1.82, 2.24) is 19.2 Å². The van der Waals surface area contributed by atoms with Crippen molar-refractivity contribution in [2.45, 2.75) is 25.2 Å². The molecule has 0 spiro atoms. The van der Waals surface area contributed by atoms with Crippen LogP contribution in [0.3, 0.4) is 0 Å². The van der Waals surface area contributed by atoms with Gasteiger partial charge in [0.05, 0.1) is 29.7 Å². The zero-order valence-corrected chi connectivity index (χ0v) is 21.1. The number of phenols is 1. The first-order valence-electron chi connectivity index (χ1n) is 11.5. The Bertz CT molecular complexity index is 1410. The Labute approximate surface area is 204 Å². The fraction of sp³-hybridized carbons (Fsp3) is 0.417. The number of sulfonamides is 1. The molecule has 0 saturated carbocycles. The number of nitrogens with one attached hydrogen (secondary N) is 1. The van der Waals surface area contributed by atoms with Crippen LogP contribution in [0.1, 0.15) is 19.4 Å². The Morgan fingerprint density at radius 1 is 1.11 bits per heavy atom. The quantitative estimate of drug-likeness (QED) is 0.504. The first-order chi connectivity index (χ1) is 16.7. The van der Waals surface area contributed by atoms with E-state index < -0.39 is 15.6 Å². The average molecular weight is 503 g/mol. The van der Waals surface area contributed by atoms with Crippen LogP contribution in [0.2, 0.25) is 0 Å². The number of aryl methyl sites for hydroxylation is 1. The van der Waals surface area contributed by atoms with Gasteiger partial charge in [0.2, 0.25) is 10.0 Å². The van der Waals surface area contributed by atoms with E-state index in [0.29, 0.717) is 61.8 Å². The second kappa shape index (κ2) is 9.84. The molecule has 2 N–H and O–H groups in total. The summed E-state index contributed by atoms with van der Waals surface area (Å²) < 4.78 is 39.3. The van der Waals surface area contributed by atoms with E-state index in [4.69, 9.17) is 9.47 Å². The van der Waals surface area contributed by atoms with Crippen LogP contribution < -0.4 is 15.0 Å². The zero-order valence-electron chi connectivity index (χ0n) is 20.3. The lowest BCUT2D eigenvalue weighted by atomic mass is 10.1. The van der Waals surface area contributed by atoms with Gasteiger partial charge in [-0.1, -0.05) is 6.92 Å². The van der Waals surface area contributed by atoms with E-state index in [1.165, 1.54) is 29.6 Å². The molecule has 11 heteroatoms. The maximum atomic E-state index is 13.4. The first kappa shape index (κ1) is 25.0. The second-order valence-corrected chi connectivity index (χ2v) is 10.3. The van der Waals surface area contributed by atoms with E-state index in [1.807, 2.05) is 20.9 Å². The molecule has 1 aromatic heterocycles. The Kier molecular flexibility index (Phi) is 7.02. The zero-order chi connectivity index (χ0) is 25.3. The minimum absolute atomic E-state index is 0.0468. The summed E-state index contributed by atoms with van der Waals surface area (Å²) >= 11 is 0. The van der Waals surface area contributed by atoms with Crippen LogP contribution in [0.25, 0.3) is 22.3 Å². The Morgan fingerprint density at radius 3 is 2.46 bits per heavy atom. The van der Waals surface area contributed by atoms with Crippen molar-refractivity contribution in [2.75, 3.05) is 46.9 Å². The molecule has 10 nitrogen and oxygen atoms in total. The standard InChI is InChI=1S/C24H30N4O6S/c1-5-16-20(33-4)14-18(29)21-22(16)25-23(26-24(21)30)17-13-15(7-8-19(17)34-6-2)35(31,32)28-11-9-27(3)10-12-28/h7-8,13-14,29H,5-6,9-12H2,1-4H3,(H,25,26,30). The lowest BCUT2D eigenvalue weighted by molar-refractivity contribution is 0.222. The van der Waals surface area contributed by atoms with Crippen LogP contribution in [0.5, 0.6) is 17.2 Å². The number of likely N-dealkylation sites (N-methyl/N-ethyl adjacent to an activating group) is 1. The topological polar surface area (TPSA) is 125 Å². The number of rotatable bonds is 7. The molecule has 0 atom stereocenters. The van der Waals surface area contributed by atoms with Crippen molar-refractivity contribution in [2.24, 2.45) is 0 Å². The van der Waals surface area contributed by atoms with Crippen LogP contribution in [-0.2, 0) is 16.4 Å². The van der Waals surface area contributed by atoms with Gasteiger partial charge >= 0.3 is 0 Å². The molecule has 4 rings (SSSR count). The molecular formula is C24H30N4O6S. The smallest absolute Gasteiger partial charge is 0.262 e. The number of aromatic nitrogens is 2. The Hall–Kier alpha value is -3.15. The van der Waals surface area contributed by atoms with E-state index in [9.17, 15) is 18.3 Å². The molecule has 1 aliphatic heterocycles. The molecule has 3 aromatic rings. The number of nitrogens with zero attached hydrogens (tertiary/aromatic N) is 3. The largest absolute Gasteiger partial charge is 0.507 e. The third kappa shape index (κ3) is 4.58. The Balaban J connectivity index is 1.91. The predicted molar refractivity (Wildman–Crippen MR) is 133 cm³/mol. The van der Waals surface area contributed by atoms with Crippen molar-refractivity contribution in [1.29, 1.82) is 0 Å². The normalized spacial score (nSPS) is 15.4. The highest BCUT2D eigenvalue weighted by Crippen LogP contribution is 2.36. The number of fused-ring (bicyclic) bond motifs is 1. The van der Waals surface area contributed by atoms with Crippen LogP contribution in [0, 0.1) is 0 Å². The van der Waals surface area contributed by atoms with Gasteiger partial charge in [-0.2, -0.15) is 4.31 Å². The summed E-state index contributed by atoms with van der Waals surface area (Å²) in [6.45, 7) is 6.13. The summed E-state index contributed by atoms with van der Waals surface area (Å²) in [4.78, 5) is 22.5. The number of aromatic amines is 1. The molecule has 35 heavy (non-hydrogen) atoms. The van der Waals surface area contributed by atoms with Crippen molar-refractivity contribution < 1.29 is 23.0 Å². The predicted octanol–water partition coefficient (Wildman–Crippen LogP) is 2.20. The van der Waals surface area contributed by atoms with Gasteiger partial charge in [-0.15, -0.1) is 0 Å². The van der Waals surface area contributed by atoms with Crippen molar-refractivity contribution in [3.63, 3.8) is 0 Å². The summed E-state index contributed by atoms with van der Waals surface area (Å²) in [5, 5.41) is 10.5. The molecule has 1 fully saturated rings. The number of H-pyrrole nitrogens is 1. The highest BCUT2D eigenvalue weighted by molar-refractivity contribution is 7.89. The molecule has 0 aliphatic carbocycles. The molecule has 0 radical (unpaired) electrons. The lowest BCUT2D eigenvalue weighted by Crippen LogP contribution is -2.47. The number of benzene rings is 2. The molecule has 1 saturated heterocycles. The summed E-state index contributed by atoms with van der Waals surface area (Å²) in [7, 11) is -0.323. The summed E-state index contributed by atoms with van der Waals surface area (Å²) in [5.41, 5.74) is 0.741. The number of methoxy groups -OCH3 is 1. The van der Waals surface area contributed by atoms with E-state index in [-0.39, 0.29) is 27.4 Å². The lowest BCUT2D eigenvalue weighted by Gasteiger charge is -2.31. The van der Waals surface area contributed by atoms with E-state index in [0.717, 1.165) is 0 Å². The van der Waals surface area contributed by atoms with Gasteiger partial charge in [0, 0.05) is 37.8 Å². The highest BCUT2D eigenvalue weighted by atomic mass is 32.2. The molecule has 1 aliphatic rings. The minimum atomic E-state index is -3.76. The average Bonchev–Trinajstić information content (AvgIpc) is 2.84. The number of hydrogen-bond acceptors (Lipinski definition) is 8. The molecule has 0 amide bonds. The molecule has 2 aromatic carbocycles. The molecule has 0 unspecified atom stereocenters. The Morgan fingerprint density at radius 2 is 1.83 bits per heavy atom. The van der Waals surface area contributed by atoms with Gasteiger partial charge in [-0.3, -0.25) is 4.79 Å². The number of aromatic hydroxyl groups is 1.